The molecule has 6 nitrogen and oxygen atoms in total. The van der Waals surface area contributed by atoms with Crippen molar-refractivity contribution in [2.24, 2.45) is 0 Å². The summed E-state index contributed by atoms with van der Waals surface area (Å²) in [4.78, 5) is 24.7. The van der Waals surface area contributed by atoms with Gasteiger partial charge in [0.05, 0.1) is 5.25 Å². The molecule has 0 saturated carbocycles. The smallest absolute Gasteiger partial charge is 0.237 e. The molecule has 0 saturated heterocycles. The second-order valence-electron chi connectivity index (χ2n) is 6.42. The van der Waals surface area contributed by atoms with Gasteiger partial charge in [-0.15, -0.1) is 10.2 Å². The maximum absolute atomic E-state index is 12.6. The minimum absolute atomic E-state index is 0.112. The Bertz CT molecular complexity index is 980. The molecule has 2 N–H and O–H groups in total. The van der Waals surface area contributed by atoms with Crippen LogP contribution in [0.2, 0.25) is 5.02 Å². The predicted octanol–water partition coefficient (Wildman–Crippen LogP) is 5.27. The lowest BCUT2D eigenvalue weighted by molar-refractivity contribution is -0.116. The third kappa shape index (κ3) is 6.83. The number of nitrogens with zero attached hydrogens (tertiary/aromatic N) is 2. The van der Waals surface area contributed by atoms with Gasteiger partial charge >= 0.3 is 0 Å². The molecule has 1 aromatic heterocycles. The first-order valence-electron chi connectivity index (χ1n) is 9.44. The number of amides is 2. The van der Waals surface area contributed by atoms with Crippen molar-refractivity contribution in [3.05, 3.63) is 65.2 Å². The molecule has 156 valence electrons. The first-order chi connectivity index (χ1) is 14.5. The Labute approximate surface area is 188 Å². The quantitative estimate of drug-likeness (QED) is 0.335. The number of aryl methyl sites for hydroxylation is 1. The van der Waals surface area contributed by atoms with E-state index in [-0.39, 0.29) is 17.1 Å². The van der Waals surface area contributed by atoms with Gasteiger partial charge in [-0.2, -0.15) is 0 Å². The van der Waals surface area contributed by atoms with Crippen molar-refractivity contribution in [1.29, 1.82) is 0 Å². The fourth-order valence-corrected chi connectivity index (χ4v) is 4.65. The van der Waals surface area contributed by atoms with Gasteiger partial charge in [-0.1, -0.05) is 72.0 Å². The summed E-state index contributed by atoms with van der Waals surface area (Å²) in [6.45, 7) is 1.94. The van der Waals surface area contributed by atoms with Crippen molar-refractivity contribution in [2.45, 2.75) is 35.8 Å². The van der Waals surface area contributed by atoms with Crippen LogP contribution in [-0.4, -0.2) is 27.3 Å². The Morgan fingerprint density at radius 2 is 1.80 bits per heavy atom. The van der Waals surface area contributed by atoms with E-state index in [0.717, 1.165) is 5.56 Å². The highest BCUT2D eigenvalue weighted by Crippen LogP contribution is 2.31. The lowest BCUT2D eigenvalue weighted by Gasteiger charge is -2.13. The summed E-state index contributed by atoms with van der Waals surface area (Å²) in [7, 11) is 0. The molecule has 0 spiro atoms. The number of rotatable bonds is 9. The third-order valence-electron chi connectivity index (χ3n) is 4.15. The summed E-state index contributed by atoms with van der Waals surface area (Å²) in [6, 6.07) is 16.8. The lowest BCUT2D eigenvalue weighted by Crippen LogP contribution is -2.24. The first kappa shape index (κ1) is 22.3. The van der Waals surface area contributed by atoms with Crippen molar-refractivity contribution in [2.75, 3.05) is 10.6 Å². The Kier molecular flexibility index (Phi) is 8.24. The highest BCUT2D eigenvalue weighted by atomic mass is 35.5. The number of carbonyl (C=O) groups excluding carboxylic acids is 2. The Morgan fingerprint density at radius 1 is 1.07 bits per heavy atom. The molecule has 2 aromatic carbocycles. The van der Waals surface area contributed by atoms with Crippen LogP contribution in [0.15, 0.2) is 58.9 Å². The van der Waals surface area contributed by atoms with E-state index in [1.54, 1.807) is 24.3 Å². The molecule has 0 bridgehead atoms. The number of carbonyl (C=O) groups is 2. The highest BCUT2D eigenvalue weighted by Gasteiger charge is 2.21. The molecule has 3 aromatic rings. The van der Waals surface area contributed by atoms with Crippen LogP contribution in [-0.2, 0) is 16.0 Å². The average molecular weight is 461 g/mol. The van der Waals surface area contributed by atoms with Gasteiger partial charge in [-0.05, 0) is 42.7 Å². The van der Waals surface area contributed by atoms with Crippen molar-refractivity contribution in [3.8, 4) is 0 Å². The number of hydrogen-bond donors (Lipinski definition) is 2. The Hall–Kier alpha value is -2.42. The standard InChI is InChI=1S/C21H21ClN4O2S2/c1-2-17(19(28)23-16-11-9-15(22)10-12-16)29-21-26-25-20(30-21)24-18(27)13-8-14-6-4-3-5-7-14/h3-7,9-12,17H,2,8,13H2,1H3,(H,23,28)(H,24,25,27)/t17-/m0/s1. The van der Waals surface area contributed by atoms with Crippen molar-refractivity contribution in [1.82, 2.24) is 10.2 Å². The number of nitrogens with one attached hydrogen (secondary N) is 2. The minimum atomic E-state index is -0.324. The second-order valence-corrected chi connectivity index (χ2v) is 9.28. The maximum atomic E-state index is 12.6. The van der Waals surface area contributed by atoms with Crippen molar-refractivity contribution in [3.63, 3.8) is 0 Å². The number of aromatic nitrogens is 2. The average Bonchev–Trinajstić information content (AvgIpc) is 3.19. The van der Waals surface area contributed by atoms with Crippen molar-refractivity contribution >= 4 is 57.3 Å². The number of thioether (sulfide) groups is 1. The van der Waals surface area contributed by atoms with E-state index in [2.05, 4.69) is 20.8 Å². The summed E-state index contributed by atoms with van der Waals surface area (Å²) in [6.07, 6.45) is 1.66. The normalized spacial score (nSPS) is 11.7. The molecule has 1 atom stereocenters. The Morgan fingerprint density at radius 3 is 2.50 bits per heavy atom. The second kappa shape index (κ2) is 11.1. The van der Waals surface area contributed by atoms with Gasteiger partial charge in [-0.3, -0.25) is 9.59 Å². The van der Waals surface area contributed by atoms with Gasteiger partial charge in [0.1, 0.15) is 0 Å². The summed E-state index contributed by atoms with van der Waals surface area (Å²) < 4.78 is 0.631. The zero-order valence-corrected chi connectivity index (χ0v) is 18.7. The van der Waals surface area contributed by atoms with Crippen LogP contribution in [0.1, 0.15) is 25.3 Å². The molecule has 30 heavy (non-hydrogen) atoms. The van der Waals surface area contributed by atoms with E-state index >= 15 is 0 Å². The number of halogens is 1. The SMILES string of the molecule is CC[C@H](Sc1nnc(NC(=O)CCc2ccccc2)s1)C(=O)Nc1ccc(Cl)cc1. The summed E-state index contributed by atoms with van der Waals surface area (Å²) >= 11 is 8.47. The Balaban J connectivity index is 1.50. The van der Waals surface area contributed by atoms with Crippen LogP contribution in [0, 0.1) is 0 Å². The van der Waals surface area contributed by atoms with E-state index in [0.29, 0.717) is 39.4 Å². The van der Waals surface area contributed by atoms with Gasteiger partial charge < -0.3 is 10.6 Å². The molecule has 2 amide bonds. The summed E-state index contributed by atoms with van der Waals surface area (Å²) in [5.41, 5.74) is 1.80. The molecule has 1 heterocycles. The van der Waals surface area contributed by atoms with Crippen LogP contribution >= 0.6 is 34.7 Å². The molecule has 0 aliphatic heterocycles. The predicted molar refractivity (Wildman–Crippen MR) is 123 cm³/mol. The number of hydrogen-bond acceptors (Lipinski definition) is 6. The summed E-state index contributed by atoms with van der Waals surface area (Å²) in [5.74, 6) is -0.229. The van der Waals surface area contributed by atoms with E-state index in [4.69, 9.17) is 11.6 Å². The molecule has 0 unspecified atom stereocenters. The van der Waals surface area contributed by atoms with E-state index in [9.17, 15) is 9.59 Å². The fourth-order valence-electron chi connectivity index (χ4n) is 2.59. The molecule has 3 rings (SSSR count). The van der Waals surface area contributed by atoms with Crippen LogP contribution in [0.25, 0.3) is 0 Å². The zero-order valence-electron chi connectivity index (χ0n) is 16.3. The number of anilines is 2. The fraction of sp³-hybridized carbons (Fsp3) is 0.238. The van der Waals surface area contributed by atoms with Crippen LogP contribution in [0.5, 0.6) is 0 Å². The molecular weight excluding hydrogens is 440 g/mol. The molecule has 0 fully saturated rings. The van der Waals surface area contributed by atoms with E-state index in [1.165, 1.54) is 23.1 Å². The van der Waals surface area contributed by atoms with Gasteiger partial charge in [-0.25, -0.2) is 0 Å². The largest absolute Gasteiger partial charge is 0.325 e. The van der Waals surface area contributed by atoms with E-state index in [1.807, 2.05) is 37.3 Å². The van der Waals surface area contributed by atoms with Crippen LogP contribution < -0.4 is 10.6 Å². The van der Waals surface area contributed by atoms with Gasteiger partial charge in [0.15, 0.2) is 4.34 Å². The van der Waals surface area contributed by atoms with Gasteiger partial charge in [0.2, 0.25) is 16.9 Å². The monoisotopic (exact) mass is 460 g/mol. The van der Waals surface area contributed by atoms with Crippen LogP contribution in [0.4, 0.5) is 10.8 Å². The molecule has 0 aliphatic carbocycles. The van der Waals surface area contributed by atoms with Crippen LogP contribution in [0.3, 0.4) is 0 Å². The topological polar surface area (TPSA) is 84.0 Å². The molecular formula is C21H21ClN4O2S2. The minimum Gasteiger partial charge on any atom is -0.325 e. The molecule has 0 aliphatic rings. The highest BCUT2D eigenvalue weighted by molar-refractivity contribution is 8.02. The third-order valence-corrected chi connectivity index (χ3v) is 6.69. The molecule has 9 heteroatoms. The first-order valence-corrected chi connectivity index (χ1v) is 11.5. The number of benzene rings is 2. The van der Waals surface area contributed by atoms with Crippen molar-refractivity contribution < 1.29 is 9.59 Å². The van der Waals surface area contributed by atoms with Gasteiger partial charge in [0.25, 0.3) is 0 Å². The zero-order chi connectivity index (χ0) is 21.3. The summed E-state index contributed by atoms with van der Waals surface area (Å²) in [5, 5.41) is 14.5. The maximum Gasteiger partial charge on any atom is 0.237 e. The van der Waals surface area contributed by atoms with E-state index < -0.39 is 0 Å². The van der Waals surface area contributed by atoms with Gasteiger partial charge in [0, 0.05) is 17.1 Å². The molecule has 0 radical (unpaired) electrons. The lowest BCUT2D eigenvalue weighted by atomic mass is 10.1.